The summed E-state index contributed by atoms with van der Waals surface area (Å²) in [6, 6.07) is 0. The van der Waals surface area contributed by atoms with Gasteiger partial charge in [0.05, 0.1) is 0 Å². The van der Waals surface area contributed by atoms with E-state index in [2.05, 4.69) is 32.2 Å². The fourth-order valence-electron chi connectivity index (χ4n) is 1.54. The van der Waals surface area contributed by atoms with E-state index in [-0.39, 0.29) is 17.1 Å². The molecule has 0 aliphatic heterocycles. The first kappa shape index (κ1) is 13.1. The van der Waals surface area contributed by atoms with Gasteiger partial charge in [-0.2, -0.15) is 11.1 Å². The topological polar surface area (TPSA) is 0 Å². The van der Waals surface area contributed by atoms with Crippen LogP contribution in [0.1, 0.15) is 0 Å². The number of hydrogen-bond donors (Lipinski definition) is 0. The Labute approximate surface area is 104 Å². The molecule has 10 radical (unpaired) electrons. The van der Waals surface area contributed by atoms with Crippen molar-refractivity contribution in [2.24, 2.45) is 0 Å². The average Bonchev–Trinajstić information content (AvgIpc) is 2.78. The first-order valence-corrected chi connectivity index (χ1v) is 7.86. The Morgan fingerprint density at radius 2 is 1.14 bits per heavy atom. The van der Waals surface area contributed by atoms with E-state index in [4.69, 9.17) is 11.1 Å². The van der Waals surface area contributed by atoms with Crippen LogP contribution in [0.15, 0.2) is 0 Å². The van der Waals surface area contributed by atoms with Crippen LogP contribution in [0.2, 0.25) is 6.55 Å². The van der Waals surface area contributed by atoms with Gasteiger partial charge < -0.3 is 0 Å². The number of hydrogen-bond acceptors (Lipinski definition) is 0. The molecule has 3 heteroatoms. The first-order chi connectivity index (χ1) is 6.21. The van der Waals surface area contributed by atoms with Crippen molar-refractivity contribution in [2.75, 3.05) is 0 Å². The molecule has 2 fully saturated rings. The standard InChI is InChI=1S/C11H11ClSi.Fe/c1-13(12,10-6-2-3-7-10)11-8-4-5-9-11;/h2-9H,1H3;/q;+2. The van der Waals surface area contributed by atoms with Gasteiger partial charge in [0.2, 0.25) is 0 Å². The smallest absolute Gasteiger partial charge is 0.166 e. The fraction of sp³-hybridized carbons (Fsp3) is 0.0909. The maximum absolute atomic E-state index is 6.61. The van der Waals surface area contributed by atoms with Crippen LogP contribution in [0, 0.1) is 62.4 Å². The minimum Gasteiger partial charge on any atom is -0.166 e. The van der Waals surface area contributed by atoms with Gasteiger partial charge >= 0.3 is 17.1 Å². The molecule has 0 amide bonds. The largest absolute Gasteiger partial charge is 2.00 e. The number of halogens is 1. The maximum atomic E-state index is 6.61. The molecule has 14 heavy (non-hydrogen) atoms. The summed E-state index contributed by atoms with van der Waals surface area (Å²) in [6.07, 6.45) is 16.7. The van der Waals surface area contributed by atoms with Crippen molar-refractivity contribution in [2.45, 2.75) is 6.55 Å². The number of rotatable bonds is 2. The van der Waals surface area contributed by atoms with Crippen molar-refractivity contribution >= 4 is 18.5 Å². The van der Waals surface area contributed by atoms with Crippen LogP contribution in [-0.2, 0) is 17.1 Å². The monoisotopic (exact) mass is 262 g/mol. The van der Waals surface area contributed by atoms with Gasteiger partial charge in [0.15, 0.2) is 7.38 Å². The van der Waals surface area contributed by atoms with E-state index < -0.39 is 7.38 Å². The van der Waals surface area contributed by atoms with Crippen LogP contribution in [0.4, 0.5) is 0 Å². The predicted octanol–water partition coefficient (Wildman–Crippen LogP) is 2.69. The van der Waals surface area contributed by atoms with E-state index in [1.165, 1.54) is 11.1 Å². The molecule has 0 saturated heterocycles. The summed E-state index contributed by atoms with van der Waals surface area (Å²) in [4.78, 5) is 0. The molecule has 0 aromatic carbocycles. The molecule has 0 aromatic heterocycles. The van der Waals surface area contributed by atoms with E-state index in [1.807, 2.05) is 25.7 Å². The first-order valence-electron chi connectivity index (χ1n) is 4.34. The van der Waals surface area contributed by atoms with Crippen molar-refractivity contribution in [3.63, 3.8) is 0 Å². The SMILES string of the molecule is C[Si](Cl)([C]1[CH][CH][CH][CH]1)[C]1[CH][CH][CH][CH]1.[Fe+2]. The van der Waals surface area contributed by atoms with Crippen LogP contribution >= 0.6 is 11.1 Å². The van der Waals surface area contributed by atoms with Gasteiger partial charge in [0.25, 0.3) is 0 Å². The van der Waals surface area contributed by atoms with E-state index >= 15 is 0 Å². The molecule has 0 aromatic rings. The molecule has 2 aliphatic carbocycles. The quantitative estimate of drug-likeness (QED) is 0.530. The van der Waals surface area contributed by atoms with Crippen molar-refractivity contribution in [1.29, 1.82) is 0 Å². The second kappa shape index (κ2) is 5.38. The minimum absolute atomic E-state index is 0. The van der Waals surface area contributed by atoms with Gasteiger partial charge in [-0.25, -0.2) is 0 Å². The van der Waals surface area contributed by atoms with Gasteiger partial charge in [-0.1, -0.05) is 6.55 Å². The normalized spacial score (nSPS) is 25.3. The summed E-state index contributed by atoms with van der Waals surface area (Å²) in [5.74, 6) is 0. The molecule has 2 saturated carbocycles. The summed E-state index contributed by atoms with van der Waals surface area (Å²) in [5, 5.41) is 0. The molecule has 0 nitrogen and oxygen atoms in total. The third-order valence-corrected chi connectivity index (χ3v) is 6.55. The van der Waals surface area contributed by atoms with E-state index in [0.717, 1.165) is 0 Å². The Balaban J connectivity index is 0.000000980. The Bertz CT molecular complexity index is 154. The van der Waals surface area contributed by atoms with Crippen molar-refractivity contribution in [1.82, 2.24) is 0 Å². The van der Waals surface area contributed by atoms with Gasteiger partial charge in [0.1, 0.15) is 0 Å². The van der Waals surface area contributed by atoms with E-state index in [1.54, 1.807) is 0 Å². The summed E-state index contributed by atoms with van der Waals surface area (Å²) in [5.41, 5.74) is 2.58. The van der Waals surface area contributed by atoms with E-state index in [0.29, 0.717) is 0 Å². The zero-order valence-electron chi connectivity index (χ0n) is 7.85. The van der Waals surface area contributed by atoms with Crippen LogP contribution in [0.5, 0.6) is 0 Å². The van der Waals surface area contributed by atoms with Gasteiger partial charge in [-0.3, -0.25) is 0 Å². The third-order valence-electron chi connectivity index (χ3n) is 2.41. The van der Waals surface area contributed by atoms with E-state index in [9.17, 15) is 0 Å². The van der Waals surface area contributed by atoms with Crippen molar-refractivity contribution in [3.8, 4) is 0 Å². The molecule has 0 atom stereocenters. The Morgan fingerprint density at radius 3 is 1.43 bits per heavy atom. The second-order valence-electron chi connectivity index (χ2n) is 3.35. The van der Waals surface area contributed by atoms with Crippen LogP contribution in [0.25, 0.3) is 0 Å². The van der Waals surface area contributed by atoms with Crippen LogP contribution in [0.3, 0.4) is 0 Å². The Kier molecular flexibility index (Phi) is 5.03. The average molecular weight is 263 g/mol. The molecule has 0 unspecified atom stereocenters. The third kappa shape index (κ3) is 2.58. The van der Waals surface area contributed by atoms with Crippen LogP contribution in [-0.4, -0.2) is 7.38 Å². The summed E-state index contributed by atoms with van der Waals surface area (Å²) >= 11 is 6.61. The van der Waals surface area contributed by atoms with Crippen LogP contribution < -0.4 is 0 Å². The second-order valence-corrected chi connectivity index (χ2v) is 8.78. The Hall–Kier alpha value is 1.03. The van der Waals surface area contributed by atoms with Crippen molar-refractivity contribution < 1.29 is 17.1 Å². The molecular weight excluding hydrogens is 252 g/mol. The van der Waals surface area contributed by atoms with Gasteiger partial charge in [-0.15, -0.1) is 0 Å². The Morgan fingerprint density at radius 1 is 0.857 bits per heavy atom. The molecule has 0 heterocycles. The zero-order valence-corrected chi connectivity index (χ0v) is 10.7. The molecule has 0 spiro atoms. The summed E-state index contributed by atoms with van der Waals surface area (Å²) in [7, 11) is -1.88. The molecule has 2 aliphatic rings. The molecule has 2 rings (SSSR count). The van der Waals surface area contributed by atoms with Gasteiger partial charge in [0, 0.05) is 0 Å². The predicted molar refractivity (Wildman–Crippen MR) is 58.4 cm³/mol. The van der Waals surface area contributed by atoms with Gasteiger partial charge in [-0.05, 0) is 62.4 Å². The zero-order chi connectivity index (χ0) is 9.31. The molecule has 0 bridgehead atoms. The molecular formula is C11H11ClFeSi+2. The van der Waals surface area contributed by atoms with Crippen molar-refractivity contribution in [3.05, 3.63) is 62.4 Å². The summed E-state index contributed by atoms with van der Waals surface area (Å²) < 4.78 is 0. The fourth-order valence-corrected chi connectivity index (χ4v) is 4.27. The minimum atomic E-state index is -1.88. The summed E-state index contributed by atoms with van der Waals surface area (Å²) in [6.45, 7) is 2.17. The maximum Gasteiger partial charge on any atom is 2.00 e. The molecule has 72 valence electrons. The molecule has 0 N–H and O–H groups in total.